The molecule has 0 saturated carbocycles. The summed E-state index contributed by atoms with van der Waals surface area (Å²) in [5, 5.41) is 6.90. The smallest absolute Gasteiger partial charge is 0.259 e. The number of hydrogen-bond donors (Lipinski definition) is 2. The topological polar surface area (TPSA) is 53.5 Å². The van der Waals surface area contributed by atoms with Crippen LogP contribution in [0.2, 0.25) is 0 Å². The van der Waals surface area contributed by atoms with Crippen LogP contribution >= 0.6 is 15.9 Å². The molecule has 0 aliphatic rings. The number of rotatable bonds is 6. The SMILES string of the molecule is Cc1ccc(NCC(=O)NN=CC=Cc2ccc(Br)cc2)cc1. The highest BCUT2D eigenvalue weighted by Gasteiger charge is 1.98. The summed E-state index contributed by atoms with van der Waals surface area (Å²) in [6.45, 7) is 2.20. The van der Waals surface area contributed by atoms with Crippen LogP contribution < -0.4 is 10.7 Å². The second-order valence-electron chi connectivity index (χ2n) is 4.94. The van der Waals surface area contributed by atoms with Gasteiger partial charge in [0.05, 0.1) is 6.54 Å². The molecule has 0 unspecified atom stereocenters. The molecule has 0 fully saturated rings. The molecule has 0 spiro atoms. The van der Waals surface area contributed by atoms with E-state index in [0.717, 1.165) is 15.7 Å². The van der Waals surface area contributed by atoms with Gasteiger partial charge in [-0.15, -0.1) is 0 Å². The van der Waals surface area contributed by atoms with Gasteiger partial charge < -0.3 is 5.32 Å². The van der Waals surface area contributed by atoms with Crippen LogP contribution in [-0.2, 0) is 4.79 Å². The third-order valence-corrected chi connectivity index (χ3v) is 3.54. The summed E-state index contributed by atoms with van der Waals surface area (Å²) >= 11 is 3.39. The number of amides is 1. The van der Waals surface area contributed by atoms with Crippen molar-refractivity contribution in [2.75, 3.05) is 11.9 Å². The Balaban J connectivity index is 1.71. The molecule has 0 bridgehead atoms. The number of allylic oxidation sites excluding steroid dienone is 1. The first-order valence-corrected chi connectivity index (χ1v) is 7.97. The van der Waals surface area contributed by atoms with E-state index in [1.807, 2.05) is 61.5 Å². The molecular formula is C18H18BrN3O. The van der Waals surface area contributed by atoms with Crippen molar-refractivity contribution < 1.29 is 4.79 Å². The van der Waals surface area contributed by atoms with E-state index in [9.17, 15) is 4.79 Å². The molecule has 0 atom stereocenters. The van der Waals surface area contributed by atoms with Crippen molar-refractivity contribution in [1.82, 2.24) is 5.43 Å². The summed E-state index contributed by atoms with van der Waals surface area (Å²) in [5.41, 5.74) is 5.62. The lowest BCUT2D eigenvalue weighted by Gasteiger charge is -2.05. The van der Waals surface area contributed by atoms with Crippen molar-refractivity contribution in [3.05, 3.63) is 70.2 Å². The Morgan fingerprint density at radius 2 is 1.83 bits per heavy atom. The summed E-state index contributed by atoms with van der Waals surface area (Å²) in [6.07, 6.45) is 5.23. The fraction of sp³-hybridized carbons (Fsp3) is 0.111. The number of hydrogen-bond acceptors (Lipinski definition) is 3. The minimum atomic E-state index is -0.195. The van der Waals surface area contributed by atoms with Gasteiger partial charge in [-0.25, -0.2) is 5.43 Å². The van der Waals surface area contributed by atoms with Crippen molar-refractivity contribution in [3.8, 4) is 0 Å². The molecule has 0 aromatic heterocycles. The Hall–Kier alpha value is -2.40. The van der Waals surface area contributed by atoms with Gasteiger partial charge in [-0.05, 0) is 42.8 Å². The van der Waals surface area contributed by atoms with Crippen LogP contribution in [0.1, 0.15) is 11.1 Å². The lowest BCUT2D eigenvalue weighted by Crippen LogP contribution is -2.25. The molecule has 0 heterocycles. The van der Waals surface area contributed by atoms with Gasteiger partial charge in [0.25, 0.3) is 5.91 Å². The molecule has 1 amide bonds. The van der Waals surface area contributed by atoms with Gasteiger partial charge >= 0.3 is 0 Å². The molecule has 5 heteroatoms. The summed E-state index contributed by atoms with van der Waals surface area (Å²) in [5.74, 6) is -0.195. The number of carbonyl (C=O) groups is 1. The van der Waals surface area contributed by atoms with E-state index < -0.39 is 0 Å². The monoisotopic (exact) mass is 371 g/mol. The Morgan fingerprint density at radius 3 is 2.52 bits per heavy atom. The maximum Gasteiger partial charge on any atom is 0.259 e. The molecule has 2 rings (SSSR count). The second kappa shape index (κ2) is 8.90. The van der Waals surface area contributed by atoms with Crippen molar-refractivity contribution in [1.29, 1.82) is 0 Å². The van der Waals surface area contributed by atoms with Crippen LogP contribution in [0.3, 0.4) is 0 Å². The zero-order valence-electron chi connectivity index (χ0n) is 12.8. The molecule has 0 aliphatic carbocycles. The van der Waals surface area contributed by atoms with Crippen LogP contribution in [0.15, 0.2) is 64.2 Å². The largest absolute Gasteiger partial charge is 0.376 e. The molecule has 4 nitrogen and oxygen atoms in total. The van der Waals surface area contributed by atoms with Gasteiger partial charge in [0.1, 0.15) is 0 Å². The van der Waals surface area contributed by atoms with Crippen molar-refractivity contribution in [2.24, 2.45) is 5.10 Å². The van der Waals surface area contributed by atoms with E-state index in [1.54, 1.807) is 12.3 Å². The lowest BCUT2D eigenvalue weighted by molar-refractivity contribution is -0.119. The first-order valence-electron chi connectivity index (χ1n) is 7.18. The van der Waals surface area contributed by atoms with Gasteiger partial charge in [0.15, 0.2) is 0 Å². The Labute approximate surface area is 144 Å². The van der Waals surface area contributed by atoms with Crippen LogP contribution in [0, 0.1) is 6.92 Å². The first kappa shape index (κ1) is 17.0. The lowest BCUT2D eigenvalue weighted by atomic mass is 10.2. The van der Waals surface area contributed by atoms with Crippen LogP contribution in [0.4, 0.5) is 5.69 Å². The molecule has 0 aliphatic heterocycles. The maximum atomic E-state index is 11.6. The summed E-state index contributed by atoms with van der Waals surface area (Å²) in [6, 6.07) is 15.8. The molecule has 118 valence electrons. The van der Waals surface area contributed by atoms with Crippen LogP contribution in [0.5, 0.6) is 0 Å². The average Bonchev–Trinajstić information content (AvgIpc) is 2.56. The average molecular weight is 372 g/mol. The molecular weight excluding hydrogens is 354 g/mol. The summed E-state index contributed by atoms with van der Waals surface area (Å²) in [7, 11) is 0. The van der Waals surface area contributed by atoms with Crippen molar-refractivity contribution in [3.63, 3.8) is 0 Å². The van der Waals surface area contributed by atoms with E-state index in [4.69, 9.17) is 0 Å². The Kier molecular flexibility index (Phi) is 6.56. The predicted molar refractivity (Wildman–Crippen MR) is 99.5 cm³/mol. The standard InChI is InChI=1S/C18H18BrN3O/c1-14-4-10-17(11-5-14)20-13-18(23)22-21-12-2-3-15-6-8-16(19)9-7-15/h2-12,20H,13H2,1H3,(H,22,23). The van der Waals surface area contributed by atoms with Crippen molar-refractivity contribution >= 4 is 39.8 Å². The fourth-order valence-corrected chi connectivity index (χ4v) is 2.04. The number of anilines is 1. The third kappa shape index (κ3) is 6.48. The Bertz CT molecular complexity index is 691. The predicted octanol–water partition coefficient (Wildman–Crippen LogP) is 3.98. The van der Waals surface area contributed by atoms with Gasteiger partial charge in [-0.1, -0.05) is 51.8 Å². The minimum Gasteiger partial charge on any atom is -0.376 e. The second-order valence-corrected chi connectivity index (χ2v) is 5.86. The highest BCUT2D eigenvalue weighted by Crippen LogP contribution is 2.11. The van der Waals surface area contributed by atoms with Crippen molar-refractivity contribution in [2.45, 2.75) is 6.92 Å². The number of nitrogens with zero attached hydrogens (tertiary/aromatic N) is 1. The molecule has 2 N–H and O–H groups in total. The highest BCUT2D eigenvalue weighted by molar-refractivity contribution is 9.10. The quantitative estimate of drug-likeness (QED) is 0.595. The summed E-state index contributed by atoms with van der Waals surface area (Å²) in [4.78, 5) is 11.6. The van der Waals surface area contributed by atoms with Crippen LogP contribution in [0.25, 0.3) is 6.08 Å². The number of benzene rings is 2. The van der Waals surface area contributed by atoms with Gasteiger partial charge in [0, 0.05) is 16.4 Å². The normalized spacial score (nSPS) is 11.0. The molecule has 23 heavy (non-hydrogen) atoms. The van der Waals surface area contributed by atoms with E-state index >= 15 is 0 Å². The number of halogens is 1. The zero-order chi connectivity index (χ0) is 16.5. The van der Waals surface area contributed by atoms with Gasteiger partial charge in [-0.3, -0.25) is 4.79 Å². The summed E-state index contributed by atoms with van der Waals surface area (Å²) < 4.78 is 1.04. The van der Waals surface area contributed by atoms with Crippen LogP contribution in [-0.4, -0.2) is 18.7 Å². The van der Waals surface area contributed by atoms with Gasteiger partial charge in [-0.2, -0.15) is 5.10 Å². The number of carbonyl (C=O) groups excluding carboxylic acids is 1. The molecule has 2 aromatic rings. The number of hydrazone groups is 1. The van der Waals surface area contributed by atoms with E-state index in [0.29, 0.717) is 0 Å². The first-order chi connectivity index (χ1) is 11.1. The number of aryl methyl sites for hydroxylation is 1. The third-order valence-electron chi connectivity index (χ3n) is 3.01. The highest BCUT2D eigenvalue weighted by atomic mass is 79.9. The van der Waals surface area contributed by atoms with E-state index in [-0.39, 0.29) is 12.5 Å². The molecule has 0 radical (unpaired) electrons. The van der Waals surface area contributed by atoms with E-state index in [1.165, 1.54) is 5.56 Å². The van der Waals surface area contributed by atoms with E-state index in [2.05, 4.69) is 31.8 Å². The minimum absolute atomic E-state index is 0.177. The maximum absolute atomic E-state index is 11.6. The zero-order valence-corrected chi connectivity index (χ0v) is 14.4. The molecule has 0 saturated heterocycles. The van der Waals surface area contributed by atoms with Gasteiger partial charge in [0.2, 0.25) is 0 Å². The fourth-order valence-electron chi connectivity index (χ4n) is 1.77. The molecule has 2 aromatic carbocycles. The number of nitrogens with one attached hydrogen (secondary N) is 2. The Morgan fingerprint density at radius 1 is 1.13 bits per heavy atom.